The van der Waals surface area contributed by atoms with Crippen LogP contribution in [0.1, 0.15) is 6.42 Å². The minimum atomic E-state index is -7.23. The van der Waals surface area contributed by atoms with Crippen LogP contribution in [0.2, 0.25) is 0 Å². The molecule has 23 heavy (non-hydrogen) atoms. The second kappa shape index (κ2) is 5.86. The predicted molar refractivity (Wildman–Crippen MR) is 46.4 cm³/mol. The first-order valence-electron chi connectivity index (χ1n) is 4.86. The van der Waals surface area contributed by atoms with Crippen LogP contribution in [-0.2, 0) is 14.3 Å². The van der Waals surface area contributed by atoms with E-state index in [0.717, 1.165) is 0 Å². The summed E-state index contributed by atoms with van der Waals surface area (Å²) in [6, 6.07) is 0. The highest BCUT2D eigenvalue weighted by Crippen LogP contribution is 2.54. The zero-order valence-electron chi connectivity index (χ0n) is 10.1. The van der Waals surface area contributed by atoms with Gasteiger partial charge in [0.2, 0.25) is 0 Å². The number of hydrogen-bond donors (Lipinski definition) is 0. The van der Waals surface area contributed by atoms with Gasteiger partial charge in [-0.15, -0.1) is 0 Å². The Balaban J connectivity index is 5.23. The molecule has 0 aliphatic heterocycles. The fourth-order valence-corrected chi connectivity index (χ4v) is 1.35. The molecule has 0 aliphatic carbocycles. The Kier molecular flexibility index (Phi) is 5.62. The van der Waals surface area contributed by atoms with E-state index in [1.54, 1.807) is 0 Å². The monoisotopic (exact) mass is 396 g/mol. The molecule has 140 valence electrons. The van der Waals surface area contributed by atoms with Gasteiger partial charge in [0.25, 0.3) is 0 Å². The largest absolute Gasteiger partial charge is 0.523 e. The van der Waals surface area contributed by atoms with E-state index in [1.165, 1.54) is 0 Å². The molecule has 0 spiro atoms. The van der Waals surface area contributed by atoms with Crippen LogP contribution in [0.3, 0.4) is 0 Å². The van der Waals surface area contributed by atoms with Crippen LogP contribution in [0.4, 0.5) is 52.7 Å². The molecule has 0 N–H and O–H groups in total. The Morgan fingerprint density at radius 2 is 1.09 bits per heavy atom. The number of halogens is 12. The van der Waals surface area contributed by atoms with Crippen molar-refractivity contribution in [1.29, 1.82) is 0 Å². The van der Waals surface area contributed by atoms with Crippen LogP contribution >= 0.6 is 0 Å². The number of alkyl halides is 12. The van der Waals surface area contributed by atoms with Crippen molar-refractivity contribution >= 4 is 10.1 Å². The maximum absolute atomic E-state index is 12.8. The van der Waals surface area contributed by atoms with Gasteiger partial charge in [0, 0.05) is 6.42 Å². The van der Waals surface area contributed by atoms with Crippen molar-refractivity contribution in [2.24, 2.45) is 0 Å². The summed E-state index contributed by atoms with van der Waals surface area (Å²) in [6.45, 7) is -2.42. The lowest BCUT2D eigenvalue weighted by molar-refractivity contribution is -0.397. The highest BCUT2D eigenvalue weighted by molar-refractivity contribution is 7.87. The van der Waals surface area contributed by atoms with Crippen LogP contribution in [-0.4, -0.2) is 44.5 Å². The van der Waals surface area contributed by atoms with E-state index >= 15 is 0 Å². The summed E-state index contributed by atoms with van der Waals surface area (Å²) in [5, 5.41) is 0. The summed E-state index contributed by atoms with van der Waals surface area (Å²) in [6.07, 6.45) is -9.96. The lowest BCUT2D eigenvalue weighted by atomic mass is 10.0. The molecule has 0 fully saturated rings. The topological polar surface area (TPSA) is 43.4 Å². The maximum Gasteiger partial charge on any atom is 0.523 e. The Hall–Kier alpha value is -0.930. The van der Waals surface area contributed by atoms with Gasteiger partial charge in [-0.2, -0.15) is 61.1 Å². The van der Waals surface area contributed by atoms with Crippen LogP contribution in [0, 0.1) is 0 Å². The maximum atomic E-state index is 12.8. The molecule has 0 heterocycles. The fraction of sp³-hybridized carbons (Fsp3) is 1.00. The number of rotatable bonds is 6. The summed E-state index contributed by atoms with van der Waals surface area (Å²) in [5.74, 6) is -20.5. The Morgan fingerprint density at radius 3 is 1.39 bits per heavy atom. The first-order chi connectivity index (χ1) is 9.71. The van der Waals surface area contributed by atoms with Crippen LogP contribution in [0.5, 0.6) is 0 Å². The average Bonchev–Trinajstić information content (AvgIpc) is 2.24. The van der Waals surface area contributed by atoms with E-state index < -0.39 is 52.6 Å². The van der Waals surface area contributed by atoms with Gasteiger partial charge in [0.15, 0.2) is 0 Å². The average molecular weight is 396 g/mol. The Labute approximate surface area is 119 Å². The van der Waals surface area contributed by atoms with Gasteiger partial charge in [-0.25, -0.2) is 0 Å². The second-order valence-corrected chi connectivity index (χ2v) is 5.43. The summed E-state index contributed by atoms with van der Waals surface area (Å²) in [7, 11) is -6.52. The van der Waals surface area contributed by atoms with Crippen LogP contribution < -0.4 is 0 Å². The smallest absolute Gasteiger partial charge is 0.263 e. The molecule has 0 aromatic rings. The predicted octanol–water partition coefficient (Wildman–Crippen LogP) is 3.71. The molecule has 0 amide bonds. The minimum absolute atomic E-state index is 2.42. The van der Waals surface area contributed by atoms with Crippen molar-refractivity contribution in [1.82, 2.24) is 0 Å². The van der Waals surface area contributed by atoms with E-state index in [0.29, 0.717) is 0 Å². The number of hydrogen-bond acceptors (Lipinski definition) is 3. The third-order valence-corrected chi connectivity index (χ3v) is 3.19. The normalized spacial score (nSPS) is 15.8. The van der Waals surface area contributed by atoms with E-state index in [9.17, 15) is 61.1 Å². The van der Waals surface area contributed by atoms with E-state index in [4.69, 9.17) is 0 Å². The second-order valence-electron chi connectivity index (χ2n) is 3.82. The fourth-order valence-electron chi connectivity index (χ4n) is 0.911. The molecule has 0 rings (SSSR count). The van der Waals surface area contributed by atoms with Crippen molar-refractivity contribution in [3.05, 3.63) is 0 Å². The summed E-state index contributed by atoms with van der Waals surface area (Å²) in [5.41, 5.74) is -6.14. The molecular weight excluding hydrogens is 392 g/mol. The Bertz CT molecular complexity index is 516. The minimum Gasteiger partial charge on any atom is -0.263 e. The van der Waals surface area contributed by atoms with Gasteiger partial charge in [-0.3, -0.25) is 4.18 Å². The first-order valence-corrected chi connectivity index (χ1v) is 6.27. The SMILES string of the molecule is O=S(=O)(OCCC(F)(F)C(F)(F)C(F)(F)C(F)(F)F)C(F)(F)F. The zero-order valence-corrected chi connectivity index (χ0v) is 10.9. The van der Waals surface area contributed by atoms with E-state index in [1.807, 2.05) is 0 Å². The highest BCUT2D eigenvalue weighted by Gasteiger charge is 2.81. The lowest BCUT2D eigenvalue weighted by Crippen LogP contribution is -2.61. The van der Waals surface area contributed by atoms with Crippen molar-refractivity contribution in [3.63, 3.8) is 0 Å². The Morgan fingerprint density at radius 1 is 0.696 bits per heavy atom. The standard InChI is InChI=1S/C7H4F12O3S/c8-3(9,1-2-22-23(20,21)7(17,18)19)4(10,11)5(12,13)6(14,15)16/h1-2H2. The molecule has 0 aromatic carbocycles. The summed E-state index contributed by atoms with van der Waals surface area (Å²) >= 11 is 0. The van der Waals surface area contributed by atoms with Crippen molar-refractivity contribution < 1.29 is 65.3 Å². The van der Waals surface area contributed by atoms with Gasteiger partial charge >= 0.3 is 39.6 Å². The quantitative estimate of drug-likeness (QED) is 0.391. The zero-order chi connectivity index (χ0) is 19.1. The van der Waals surface area contributed by atoms with Crippen molar-refractivity contribution in [2.75, 3.05) is 6.61 Å². The van der Waals surface area contributed by atoms with Gasteiger partial charge in [0.05, 0.1) is 6.61 Å². The molecule has 3 nitrogen and oxygen atoms in total. The van der Waals surface area contributed by atoms with Gasteiger partial charge < -0.3 is 0 Å². The molecule has 0 unspecified atom stereocenters. The molecule has 0 saturated heterocycles. The first kappa shape index (κ1) is 22.1. The molecule has 0 aromatic heterocycles. The van der Waals surface area contributed by atoms with Gasteiger partial charge in [-0.1, -0.05) is 0 Å². The molecule has 0 aliphatic rings. The summed E-state index contributed by atoms with van der Waals surface area (Å²) in [4.78, 5) is 0. The molecule has 0 atom stereocenters. The van der Waals surface area contributed by atoms with Crippen LogP contribution in [0.15, 0.2) is 0 Å². The van der Waals surface area contributed by atoms with E-state index in [2.05, 4.69) is 4.18 Å². The molecule has 0 saturated carbocycles. The molecule has 0 radical (unpaired) electrons. The third-order valence-electron chi connectivity index (χ3n) is 2.15. The third kappa shape index (κ3) is 4.13. The van der Waals surface area contributed by atoms with Gasteiger partial charge in [0.1, 0.15) is 0 Å². The van der Waals surface area contributed by atoms with Crippen molar-refractivity contribution in [2.45, 2.75) is 35.9 Å². The van der Waals surface area contributed by atoms with Crippen molar-refractivity contribution in [3.8, 4) is 0 Å². The van der Waals surface area contributed by atoms with Crippen LogP contribution in [0.25, 0.3) is 0 Å². The summed E-state index contributed by atoms with van der Waals surface area (Å²) < 4.78 is 169. The molecule has 0 bridgehead atoms. The molecular formula is C7H4F12O3S. The highest BCUT2D eigenvalue weighted by atomic mass is 32.2. The molecule has 16 heteroatoms. The van der Waals surface area contributed by atoms with E-state index in [-0.39, 0.29) is 0 Å². The lowest BCUT2D eigenvalue weighted by Gasteiger charge is -2.33. The van der Waals surface area contributed by atoms with Gasteiger partial charge in [-0.05, 0) is 0 Å².